The monoisotopic (exact) mass is 213 g/mol. The Morgan fingerprint density at radius 1 is 1.27 bits per heavy atom. The average molecular weight is 213 g/mol. The van der Waals surface area contributed by atoms with E-state index in [-0.39, 0.29) is 5.41 Å². The van der Waals surface area contributed by atoms with E-state index in [4.69, 9.17) is 5.73 Å². The van der Waals surface area contributed by atoms with Crippen molar-refractivity contribution in [3.63, 3.8) is 0 Å². The Morgan fingerprint density at radius 2 is 1.93 bits per heavy atom. The van der Waals surface area contributed by atoms with Crippen LogP contribution in [-0.2, 0) is 6.42 Å². The maximum absolute atomic E-state index is 13.0. The highest BCUT2D eigenvalue weighted by Crippen LogP contribution is 2.25. The normalized spacial score (nSPS) is 15.0. The number of hydrogen-bond donors (Lipinski definition) is 1. The zero-order chi connectivity index (χ0) is 11.5. The van der Waals surface area contributed by atoms with Crippen molar-refractivity contribution in [3.8, 4) is 0 Å². The van der Waals surface area contributed by atoms with Gasteiger partial charge in [0.2, 0.25) is 0 Å². The molecule has 0 saturated carbocycles. The Bertz CT molecular complexity index is 332. The minimum atomic E-state index is -0.801. The van der Waals surface area contributed by atoms with Gasteiger partial charge in [0.15, 0.2) is 11.6 Å². The van der Waals surface area contributed by atoms with Crippen LogP contribution in [0.4, 0.5) is 8.78 Å². The highest BCUT2D eigenvalue weighted by atomic mass is 19.2. The van der Waals surface area contributed by atoms with E-state index < -0.39 is 11.6 Å². The molecule has 0 spiro atoms. The fourth-order valence-electron chi connectivity index (χ4n) is 1.48. The van der Waals surface area contributed by atoms with Gasteiger partial charge >= 0.3 is 0 Å². The average Bonchev–Trinajstić information content (AvgIpc) is 2.23. The van der Waals surface area contributed by atoms with E-state index in [0.717, 1.165) is 18.1 Å². The van der Waals surface area contributed by atoms with Crippen LogP contribution in [0.15, 0.2) is 18.2 Å². The van der Waals surface area contributed by atoms with Crippen LogP contribution < -0.4 is 5.73 Å². The van der Waals surface area contributed by atoms with Crippen molar-refractivity contribution in [2.24, 2.45) is 11.1 Å². The molecule has 1 aromatic rings. The fraction of sp³-hybridized carbons (Fsp3) is 0.500. The fourth-order valence-corrected chi connectivity index (χ4v) is 1.48. The Labute approximate surface area is 89.3 Å². The molecule has 1 aromatic carbocycles. The van der Waals surface area contributed by atoms with Gasteiger partial charge < -0.3 is 5.73 Å². The molecule has 0 bridgehead atoms. The Balaban J connectivity index is 2.85. The van der Waals surface area contributed by atoms with Crippen LogP contribution in [0.2, 0.25) is 0 Å². The van der Waals surface area contributed by atoms with Crippen molar-refractivity contribution in [1.29, 1.82) is 0 Å². The van der Waals surface area contributed by atoms with Gasteiger partial charge in [-0.3, -0.25) is 0 Å². The SMILES string of the molecule is CCC(C)(CN)Cc1ccc(F)c(F)c1. The van der Waals surface area contributed by atoms with Gasteiger partial charge in [0.1, 0.15) is 0 Å². The van der Waals surface area contributed by atoms with Crippen molar-refractivity contribution in [2.45, 2.75) is 26.7 Å². The second-order valence-electron chi connectivity index (χ2n) is 4.29. The predicted molar refractivity (Wildman–Crippen MR) is 57.5 cm³/mol. The maximum atomic E-state index is 13.0. The number of nitrogens with two attached hydrogens (primary N) is 1. The van der Waals surface area contributed by atoms with E-state index in [0.29, 0.717) is 13.0 Å². The summed E-state index contributed by atoms with van der Waals surface area (Å²) < 4.78 is 25.7. The summed E-state index contributed by atoms with van der Waals surface area (Å²) >= 11 is 0. The van der Waals surface area contributed by atoms with Crippen LogP contribution in [0.3, 0.4) is 0 Å². The van der Waals surface area contributed by atoms with Crippen molar-refractivity contribution in [3.05, 3.63) is 35.4 Å². The lowest BCUT2D eigenvalue weighted by atomic mass is 9.81. The summed E-state index contributed by atoms with van der Waals surface area (Å²) in [6.07, 6.45) is 1.60. The van der Waals surface area contributed by atoms with Gasteiger partial charge in [-0.1, -0.05) is 19.9 Å². The minimum absolute atomic E-state index is 0.0374. The van der Waals surface area contributed by atoms with E-state index in [2.05, 4.69) is 0 Å². The summed E-state index contributed by atoms with van der Waals surface area (Å²) in [7, 11) is 0. The van der Waals surface area contributed by atoms with Crippen LogP contribution in [0.25, 0.3) is 0 Å². The number of halogens is 2. The van der Waals surface area contributed by atoms with Gasteiger partial charge in [0, 0.05) is 0 Å². The molecule has 0 fully saturated rings. The molecule has 0 amide bonds. The molecule has 84 valence electrons. The van der Waals surface area contributed by atoms with Gasteiger partial charge in [0.25, 0.3) is 0 Å². The lowest BCUT2D eigenvalue weighted by Crippen LogP contribution is -2.28. The second-order valence-corrected chi connectivity index (χ2v) is 4.29. The van der Waals surface area contributed by atoms with E-state index in [9.17, 15) is 8.78 Å². The topological polar surface area (TPSA) is 26.0 Å². The maximum Gasteiger partial charge on any atom is 0.159 e. The second kappa shape index (κ2) is 4.71. The Hall–Kier alpha value is -0.960. The summed E-state index contributed by atoms with van der Waals surface area (Å²) in [6.45, 7) is 4.64. The van der Waals surface area contributed by atoms with Crippen molar-refractivity contribution < 1.29 is 8.78 Å². The largest absolute Gasteiger partial charge is 0.330 e. The molecule has 3 heteroatoms. The molecule has 1 atom stereocenters. The van der Waals surface area contributed by atoms with E-state index >= 15 is 0 Å². The molecule has 0 aliphatic heterocycles. The van der Waals surface area contributed by atoms with Gasteiger partial charge in [-0.2, -0.15) is 0 Å². The quantitative estimate of drug-likeness (QED) is 0.817. The number of hydrogen-bond acceptors (Lipinski definition) is 1. The van der Waals surface area contributed by atoms with E-state index in [1.54, 1.807) is 6.07 Å². The first-order chi connectivity index (χ1) is 7.00. The van der Waals surface area contributed by atoms with Crippen LogP contribution in [0.5, 0.6) is 0 Å². The molecule has 0 radical (unpaired) electrons. The number of rotatable bonds is 4. The first kappa shape index (κ1) is 12.1. The smallest absolute Gasteiger partial charge is 0.159 e. The molecule has 1 nitrogen and oxygen atoms in total. The van der Waals surface area contributed by atoms with Crippen molar-refractivity contribution in [2.75, 3.05) is 6.54 Å². The lowest BCUT2D eigenvalue weighted by molar-refractivity contribution is 0.320. The standard InChI is InChI=1S/C12H17F2N/c1-3-12(2,8-15)7-9-4-5-10(13)11(14)6-9/h4-6H,3,7-8,15H2,1-2H3. The van der Waals surface area contributed by atoms with Gasteiger partial charge in [-0.25, -0.2) is 8.78 Å². The minimum Gasteiger partial charge on any atom is -0.330 e. The highest BCUT2D eigenvalue weighted by molar-refractivity contribution is 5.19. The Morgan fingerprint density at radius 3 is 2.40 bits per heavy atom. The third kappa shape index (κ3) is 2.99. The summed E-state index contributed by atoms with van der Waals surface area (Å²) in [5, 5.41) is 0. The first-order valence-electron chi connectivity index (χ1n) is 5.15. The zero-order valence-electron chi connectivity index (χ0n) is 9.19. The molecule has 15 heavy (non-hydrogen) atoms. The van der Waals surface area contributed by atoms with Crippen molar-refractivity contribution >= 4 is 0 Å². The summed E-state index contributed by atoms with van der Waals surface area (Å²) in [4.78, 5) is 0. The predicted octanol–water partition coefficient (Wildman–Crippen LogP) is 2.88. The van der Waals surface area contributed by atoms with Gasteiger partial charge in [-0.15, -0.1) is 0 Å². The lowest BCUT2D eigenvalue weighted by Gasteiger charge is -2.26. The molecule has 2 N–H and O–H groups in total. The zero-order valence-corrected chi connectivity index (χ0v) is 9.19. The third-order valence-electron chi connectivity index (χ3n) is 2.96. The van der Waals surface area contributed by atoms with Crippen LogP contribution in [-0.4, -0.2) is 6.54 Å². The molecule has 1 unspecified atom stereocenters. The van der Waals surface area contributed by atoms with Crippen molar-refractivity contribution in [1.82, 2.24) is 0 Å². The highest BCUT2D eigenvalue weighted by Gasteiger charge is 2.20. The van der Waals surface area contributed by atoms with Crippen LogP contribution in [0.1, 0.15) is 25.8 Å². The van der Waals surface area contributed by atoms with Gasteiger partial charge in [0.05, 0.1) is 0 Å². The Kier molecular flexibility index (Phi) is 3.80. The summed E-state index contributed by atoms with van der Waals surface area (Å²) in [6, 6.07) is 4.03. The summed E-state index contributed by atoms with van der Waals surface area (Å²) in [5.74, 6) is -1.59. The molecule has 1 rings (SSSR count). The summed E-state index contributed by atoms with van der Waals surface area (Å²) in [5.41, 5.74) is 6.42. The molecule has 0 aliphatic rings. The third-order valence-corrected chi connectivity index (χ3v) is 2.96. The first-order valence-corrected chi connectivity index (χ1v) is 5.15. The molecule has 0 heterocycles. The molecule has 0 aromatic heterocycles. The number of benzene rings is 1. The van der Waals surface area contributed by atoms with Gasteiger partial charge in [-0.05, 0) is 42.5 Å². The molecular formula is C12H17F2N. The van der Waals surface area contributed by atoms with E-state index in [1.807, 2.05) is 13.8 Å². The molecule has 0 saturated heterocycles. The van der Waals surface area contributed by atoms with Crippen LogP contribution >= 0.6 is 0 Å². The van der Waals surface area contributed by atoms with Crippen LogP contribution in [0, 0.1) is 17.0 Å². The molecular weight excluding hydrogens is 196 g/mol. The molecule has 0 aliphatic carbocycles. The van der Waals surface area contributed by atoms with E-state index in [1.165, 1.54) is 6.07 Å².